The molecule has 0 aliphatic heterocycles. The first-order valence-electron chi connectivity index (χ1n) is 6.99. The molecule has 0 aliphatic rings. The summed E-state index contributed by atoms with van der Waals surface area (Å²) in [6, 6.07) is 10.4. The normalized spacial score (nSPS) is 11.4. The summed E-state index contributed by atoms with van der Waals surface area (Å²) in [4.78, 5) is 4.18. The molecule has 4 heteroatoms. The molecular formula is C17H21FN2O. The molecule has 1 heterocycles. The van der Waals surface area contributed by atoms with Crippen LogP contribution in [0.2, 0.25) is 0 Å². The summed E-state index contributed by atoms with van der Waals surface area (Å²) in [7, 11) is 0. The number of nitrogens with one attached hydrogen (secondary N) is 1. The molecule has 0 aliphatic carbocycles. The molecule has 0 unspecified atom stereocenters. The number of nitrogens with zero attached hydrogens (tertiary/aromatic N) is 1. The Morgan fingerprint density at radius 3 is 2.67 bits per heavy atom. The van der Waals surface area contributed by atoms with Gasteiger partial charge in [-0.2, -0.15) is 0 Å². The second-order valence-electron chi connectivity index (χ2n) is 6.01. The fourth-order valence-corrected chi connectivity index (χ4v) is 1.81. The van der Waals surface area contributed by atoms with Crippen molar-refractivity contribution in [2.45, 2.75) is 39.5 Å². The highest BCUT2D eigenvalue weighted by molar-refractivity contribution is 5.30. The minimum atomic E-state index is -0.292. The molecule has 21 heavy (non-hydrogen) atoms. The van der Waals surface area contributed by atoms with Gasteiger partial charge in [0.2, 0.25) is 0 Å². The lowest BCUT2D eigenvalue weighted by atomic mass is 10.1. The van der Waals surface area contributed by atoms with E-state index in [1.165, 1.54) is 12.1 Å². The molecular weight excluding hydrogens is 267 g/mol. The van der Waals surface area contributed by atoms with Crippen molar-refractivity contribution in [3.63, 3.8) is 0 Å². The van der Waals surface area contributed by atoms with E-state index in [2.05, 4.69) is 31.1 Å². The van der Waals surface area contributed by atoms with Crippen LogP contribution in [0.5, 0.6) is 5.75 Å². The topological polar surface area (TPSA) is 34.1 Å². The van der Waals surface area contributed by atoms with Gasteiger partial charge in [-0.3, -0.25) is 4.98 Å². The highest BCUT2D eigenvalue weighted by atomic mass is 19.1. The van der Waals surface area contributed by atoms with E-state index in [0.717, 1.165) is 11.3 Å². The van der Waals surface area contributed by atoms with Crippen molar-refractivity contribution in [1.82, 2.24) is 10.3 Å². The first-order chi connectivity index (χ1) is 9.92. The standard InChI is InChI=1S/C17H21FN2O/c1-17(2,3)20-11-13-8-14(18)10-16(9-13)21-12-15-6-4-5-7-19-15/h4-10,20H,11-12H2,1-3H3. The van der Waals surface area contributed by atoms with Gasteiger partial charge < -0.3 is 10.1 Å². The average Bonchev–Trinajstić information content (AvgIpc) is 2.43. The predicted octanol–water partition coefficient (Wildman–Crippen LogP) is 3.69. The van der Waals surface area contributed by atoms with E-state index in [0.29, 0.717) is 18.9 Å². The molecule has 0 radical (unpaired) electrons. The van der Waals surface area contributed by atoms with Gasteiger partial charge in [0, 0.05) is 24.3 Å². The lowest BCUT2D eigenvalue weighted by Crippen LogP contribution is -2.35. The maximum atomic E-state index is 13.6. The molecule has 1 N–H and O–H groups in total. The van der Waals surface area contributed by atoms with Gasteiger partial charge in [0.1, 0.15) is 18.2 Å². The van der Waals surface area contributed by atoms with Crippen molar-refractivity contribution in [1.29, 1.82) is 0 Å². The summed E-state index contributed by atoms with van der Waals surface area (Å²) in [5, 5.41) is 3.33. The van der Waals surface area contributed by atoms with Crippen LogP contribution >= 0.6 is 0 Å². The van der Waals surface area contributed by atoms with Gasteiger partial charge >= 0.3 is 0 Å². The van der Waals surface area contributed by atoms with Crippen LogP contribution in [0.1, 0.15) is 32.0 Å². The maximum absolute atomic E-state index is 13.6. The van der Waals surface area contributed by atoms with Gasteiger partial charge in [-0.25, -0.2) is 4.39 Å². The van der Waals surface area contributed by atoms with Crippen LogP contribution in [-0.4, -0.2) is 10.5 Å². The minimum absolute atomic E-state index is 0.0126. The summed E-state index contributed by atoms with van der Waals surface area (Å²) in [5.41, 5.74) is 1.67. The molecule has 3 nitrogen and oxygen atoms in total. The molecule has 0 saturated carbocycles. The number of benzene rings is 1. The van der Waals surface area contributed by atoms with E-state index < -0.39 is 0 Å². The fraction of sp³-hybridized carbons (Fsp3) is 0.353. The van der Waals surface area contributed by atoms with E-state index >= 15 is 0 Å². The fourth-order valence-electron chi connectivity index (χ4n) is 1.81. The summed E-state index contributed by atoms with van der Waals surface area (Å²) < 4.78 is 19.3. The van der Waals surface area contributed by atoms with Crippen LogP contribution in [0.15, 0.2) is 42.6 Å². The Balaban J connectivity index is 2.01. The quantitative estimate of drug-likeness (QED) is 0.911. The van der Waals surface area contributed by atoms with E-state index in [4.69, 9.17) is 4.74 Å². The monoisotopic (exact) mass is 288 g/mol. The van der Waals surface area contributed by atoms with Gasteiger partial charge in [0.05, 0.1) is 5.69 Å². The van der Waals surface area contributed by atoms with Gasteiger partial charge in [0.15, 0.2) is 0 Å². The highest BCUT2D eigenvalue weighted by Crippen LogP contribution is 2.18. The molecule has 0 spiro atoms. The van der Waals surface area contributed by atoms with Crippen LogP contribution in [-0.2, 0) is 13.2 Å². The first-order valence-corrected chi connectivity index (χ1v) is 6.99. The number of halogens is 1. The Bertz CT molecular complexity index is 579. The summed E-state index contributed by atoms with van der Waals surface area (Å²) in [5.74, 6) is 0.227. The molecule has 0 fully saturated rings. The highest BCUT2D eigenvalue weighted by Gasteiger charge is 2.10. The Morgan fingerprint density at radius 1 is 1.19 bits per heavy atom. The van der Waals surface area contributed by atoms with Gasteiger partial charge in [-0.05, 0) is 50.6 Å². The third-order valence-corrected chi connectivity index (χ3v) is 2.87. The molecule has 0 atom stereocenters. The smallest absolute Gasteiger partial charge is 0.130 e. The molecule has 0 saturated heterocycles. The lowest BCUT2D eigenvalue weighted by Gasteiger charge is -2.20. The van der Waals surface area contributed by atoms with Crippen LogP contribution in [0.25, 0.3) is 0 Å². The van der Waals surface area contributed by atoms with Gasteiger partial charge in [0.25, 0.3) is 0 Å². The summed E-state index contributed by atoms with van der Waals surface area (Å²) >= 11 is 0. The minimum Gasteiger partial charge on any atom is -0.487 e. The second-order valence-corrected chi connectivity index (χ2v) is 6.01. The Labute approximate surface area is 125 Å². The van der Waals surface area contributed by atoms with Gasteiger partial charge in [-0.1, -0.05) is 6.07 Å². The van der Waals surface area contributed by atoms with Crippen LogP contribution in [0, 0.1) is 5.82 Å². The van der Waals surface area contributed by atoms with E-state index in [-0.39, 0.29) is 11.4 Å². The molecule has 112 valence electrons. The third-order valence-electron chi connectivity index (χ3n) is 2.87. The maximum Gasteiger partial charge on any atom is 0.130 e. The first kappa shape index (κ1) is 15.4. The van der Waals surface area contributed by atoms with E-state index in [9.17, 15) is 4.39 Å². The van der Waals surface area contributed by atoms with E-state index in [1.807, 2.05) is 24.3 Å². The van der Waals surface area contributed by atoms with Crippen LogP contribution in [0.3, 0.4) is 0 Å². The summed E-state index contributed by atoms with van der Waals surface area (Å²) in [6.45, 7) is 7.15. The zero-order valence-electron chi connectivity index (χ0n) is 12.7. The zero-order chi connectivity index (χ0) is 15.3. The van der Waals surface area contributed by atoms with Crippen LogP contribution in [0.4, 0.5) is 4.39 Å². The van der Waals surface area contributed by atoms with Crippen molar-refractivity contribution in [3.8, 4) is 5.75 Å². The van der Waals surface area contributed by atoms with Crippen molar-refractivity contribution in [2.75, 3.05) is 0 Å². The number of rotatable bonds is 5. The Morgan fingerprint density at radius 2 is 2.00 bits per heavy atom. The van der Waals surface area contributed by atoms with Crippen molar-refractivity contribution >= 4 is 0 Å². The molecule has 0 amide bonds. The Hall–Kier alpha value is -1.94. The van der Waals surface area contributed by atoms with Gasteiger partial charge in [-0.15, -0.1) is 0 Å². The molecule has 0 bridgehead atoms. The largest absolute Gasteiger partial charge is 0.487 e. The summed E-state index contributed by atoms with van der Waals surface area (Å²) in [6.07, 6.45) is 1.71. The van der Waals surface area contributed by atoms with Crippen molar-refractivity contribution in [3.05, 3.63) is 59.7 Å². The predicted molar refractivity (Wildman–Crippen MR) is 81.6 cm³/mol. The number of pyridine rings is 1. The van der Waals surface area contributed by atoms with Crippen molar-refractivity contribution in [2.24, 2.45) is 0 Å². The Kier molecular flexibility index (Phi) is 4.91. The van der Waals surface area contributed by atoms with Crippen molar-refractivity contribution < 1.29 is 9.13 Å². The number of hydrogen-bond acceptors (Lipinski definition) is 3. The number of hydrogen-bond donors (Lipinski definition) is 1. The molecule has 2 aromatic rings. The molecule has 1 aromatic heterocycles. The number of aromatic nitrogens is 1. The second kappa shape index (κ2) is 6.68. The molecule has 1 aromatic carbocycles. The SMILES string of the molecule is CC(C)(C)NCc1cc(F)cc(OCc2ccccn2)c1. The third kappa shape index (κ3) is 5.52. The van der Waals surface area contributed by atoms with Crippen LogP contribution < -0.4 is 10.1 Å². The lowest BCUT2D eigenvalue weighted by molar-refractivity contribution is 0.299. The molecule has 2 rings (SSSR count). The zero-order valence-corrected chi connectivity index (χ0v) is 12.7. The number of ether oxygens (including phenoxy) is 1. The van der Waals surface area contributed by atoms with E-state index in [1.54, 1.807) is 6.20 Å². The average molecular weight is 288 g/mol.